The van der Waals surface area contributed by atoms with Gasteiger partial charge in [0.25, 0.3) is 0 Å². The fraction of sp³-hybridized carbons (Fsp3) is 0.429. The van der Waals surface area contributed by atoms with Crippen LogP contribution in [0.5, 0.6) is 0 Å². The molecular weight excluding hydrogens is 172 g/mol. The molecule has 0 bridgehead atoms. The van der Waals surface area contributed by atoms with E-state index in [0.29, 0.717) is 12.4 Å². The van der Waals surface area contributed by atoms with Crippen molar-refractivity contribution in [3.63, 3.8) is 0 Å². The fourth-order valence-corrected chi connectivity index (χ4v) is 1.43. The predicted molar refractivity (Wildman–Crippen MR) is 51.3 cm³/mol. The van der Waals surface area contributed by atoms with E-state index < -0.39 is 0 Å². The maximum absolute atomic E-state index is 5.28. The van der Waals surface area contributed by atoms with Crippen molar-refractivity contribution in [1.29, 1.82) is 0 Å². The Morgan fingerprint density at radius 2 is 2.58 bits per heavy atom. The Balaban J connectivity index is 2.87. The number of rotatable bonds is 2. The normalized spacial score (nSPS) is 11.8. The average Bonchev–Trinajstić information content (AvgIpc) is 2.47. The molecule has 0 unspecified atom stereocenters. The first-order chi connectivity index (χ1) is 5.77. The van der Waals surface area contributed by atoms with Gasteiger partial charge in [-0.2, -0.15) is 0 Å². The minimum Gasteiger partial charge on any atom is -0.307 e. The number of hydrogen-bond donors (Lipinski definition) is 2. The first-order valence-corrected chi connectivity index (χ1v) is 4.59. The molecule has 12 heavy (non-hydrogen) atoms. The SMILES string of the molecule is CCN=C(NN)c1csc(C)n1. The Hall–Kier alpha value is -0.940. The molecule has 0 spiro atoms. The Bertz CT molecular complexity index is 279. The summed E-state index contributed by atoms with van der Waals surface area (Å²) in [6, 6.07) is 0. The summed E-state index contributed by atoms with van der Waals surface area (Å²) in [7, 11) is 0. The molecular formula is C7H12N4S. The molecule has 1 aromatic rings. The lowest BCUT2D eigenvalue weighted by Crippen LogP contribution is -2.31. The molecule has 66 valence electrons. The molecule has 0 saturated heterocycles. The number of hydrogen-bond acceptors (Lipinski definition) is 4. The van der Waals surface area contributed by atoms with Crippen LogP contribution < -0.4 is 11.3 Å². The van der Waals surface area contributed by atoms with Crippen LogP contribution in [0.1, 0.15) is 17.6 Å². The van der Waals surface area contributed by atoms with Gasteiger partial charge in [0.15, 0.2) is 5.84 Å². The van der Waals surface area contributed by atoms with Crippen molar-refractivity contribution in [3.8, 4) is 0 Å². The molecule has 1 rings (SSSR count). The van der Waals surface area contributed by atoms with Gasteiger partial charge in [0.2, 0.25) is 0 Å². The van der Waals surface area contributed by atoms with E-state index in [1.807, 2.05) is 19.2 Å². The van der Waals surface area contributed by atoms with E-state index in [1.165, 1.54) is 0 Å². The molecule has 0 aliphatic rings. The van der Waals surface area contributed by atoms with Crippen LogP contribution >= 0.6 is 11.3 Å². The fourth-order valence-electron chi connectivity index (χ4n) is 0.831. The summed E-state index contributed by atoms with van der Waals surface area (Å²) in [5, 5.41) is 2.95. The molecule has 1 heterocycles. The van der Waals surface area contributed by atoms with Gasteiger partial charge in [-0.3, -0.25) is 4.99 Å². The summed E-state index contributed by atoms with van der Waals surface area (Å²) in [4.78, 5) is 8.40. The van der Waals surface area contributed by atoms with E-state index in [-0.39, 0.29) is 0 Å². The molecule has 0 aliphatic heterocycles. The first-order valence-electron chi connectivity index (χ1n) is 3.71. The predicted octanol–water partition coefficient (Wildman–Crippen LogP) is 0.681. The monoisotopic (exact) mass is 184 g/mol. The molecule has 0 saturated carbocycles. The number of nitrogens with one attached hydrogen (secondary N) is 1. The summed E-state index contributed by atoms with van der Waals surface area (Å²) in [6.07, 6.45) is 0. The van der Waals surface area contributed by atoms with Gasteiger partial charge in [-0.15, -0.1) is 11.3 Å². The average molecular weight is 184 g/mol. The smallest absolute Gasteiger partial charge is 0.162 e. The highest BCUT2D eigenvalue weighted by atomic mass is 32.1. The molecule has 5 heteroatoms. The van der Waals surface area contributed by atoms with Crippen molar-refractivity contribution in [2.24, 2.45) is 10.8 Å². The van der Waals surface area contributed by atoms with Gasteiger partial charge < -0.3 is 5.43 Å². The van der Waals surface area contributed by atoms with Crippen molar-refractivity contribution < 1.29 is 0 Å². The van der Waals surface area contributed by atoms with Crippen molar-refractivity contribution in [3.05, 3.63) is 16.1 Å². The Labute approximate surface area is 75.5 Å². The van der Waals surface area contributed by atoms with Crippen LogP contribution in [0.15, 0.2) is 10.4 Å². The third kappa shape index (κ3) is 2.02. The van der Waals surface area contributed by atoms with Gasteiger partial charge >= 0.3 is 0 Å². The summed E-state index contributed by atoms with van der Waals surface area (Å²) in [5.41, 5.74) is 3.35. The van der Waals surface area contributed by atoms with Crippen LogP contribution in [0.3, 0.4) is 0 Å². The van der Waals surface area contributed by atoms with E-state index in [1.54, 1.807) is 11.3 Å². The Kier molecular flexibility index (Phi) is 3.19. The minimum atomic E-state index is 0.654. The van der Waals surface area contributed by atoms with E-state index >= 15 is 0 Å². The quantitative estimate of drug-likeness (QED) is 0.307. The zero-order valence-electron chi connectivity index (χ0n) is 7.16. The van der Waals surface area contributed by atoms with Crippen molar-refractivity contribution in [2.75, 3.05) is 6.54 Å². The number of aromatic nitrogens is 1. The lowest BCUT2D eigenvalue weighted by molar-refractivity contribution is 0.982. The van der Waals surface area contributed by atoms with Crippen molar-refractivity contribution in [2.45, 2.75) is 13.8 Å². The Morgan fingerprint density at radius 3 is 3.00 bits per heavy atom. The molecule has 0 aromatic carbocycles. The molecule has 1 aromatic heterocycles. The maximum Gasteiger partial charge on any atom is 0.162 e. The number of aryl methyl sites for hydroxylation is 1. The van der Waals surface area contributed by atoms with Crippen molar-refractivity contribution in [1.82, 2.24) is 10.4 Å². The van der Waals surface area contributed by atoms with Gasteiger partial charge in [-0.1, -0.05) is 0 Å². The molecule has 0 radical (unpaired) electrons. The maximum atomic E-state index is 5.28. The molecule has 4 nitrogen and oxygen atoms in total. The first kappa shape index (κ1) is 9.15. The Morgan fingerprint density at radius 1 is 1.83 bits per heavy atom. The second kappa shape index (κ2) is 4.18. The summed E-state index contributed by atoms with van der Waals surface area (Å²) in [5.74, 6) is 5.94. The van der Waals surface area contributed by atoms with Crippen LogP contribution in [0, 0.1) is 6.92 Å². The third-order valence-electron chi connectivity index (χ3n) is 1.31. The van der Waals surface area contributed by atoms with Gasteiger partial charge in [0.05, 0.1) is 5.01 Å². The van der Waals surface area contributed by atoms with Crippen molar-refractivity contribution >= 4 is 17.2 Å². The van der Waals surface area contributed by atoms with E-state index in [4.69, 9.17) is 5.84 Å². The van der Waals surface area contributed by atoms with E-state index in [0.717, 1.165) is 10.7 Å². The van der Waals surface area contributed by atoms with Gasteiger partial charge in [-0.25, -0.2) is 10.8 Å². The summed E-state index contributed by atoms with van der Waals surface area (Å²) in [6.45, 7) is 4.61. The van der Waals surface area contributed by atoms with Crippen LogP contribution in [0.2, 0.25) is 0 Å². The molecule has 3 N–H and O–H groups in total. The molecule has 0 atom stereocenters. The largest absolute Gasteiger partial charge is 0.307 e. The molecule has 0 amide bonds. The zero-order chi connectivity index (χ0) is 8.97. The highest BCUT2D eigenvalue weighted by molar-refractivity contribution is 7.09. The second-order valence-electron chi connectivity index (χ2n) is 2.22. The second-order valence-corrected chi connectivity index (χ2v) is 3.28. The molecule has 0 aliphatic carbocycles. The number of thiazole rings is 1. The minimum absolute atomic E-state index is 0.654. The summed E-state index contributed by atoms with van der Waals surface area (Å²) >= 11 is 1.59. The third-order valence-corrected chi connectivity index (χ3v) is 2.09. The molecule has 0 fully saturated rings. The number of amidine groups is 1. The number of nitrogens with zero attached hydrogens (tertiary/aromatic N) is 2. The van der Waals surface area contributed by atoms with E-state index in [9.17, 15) is 0 Å². The lowest BCUT2D eigenvalue weighted by Gasteiger charge is -1.99. The highest BCUT2D eigenvalue weighted by Gasteiger charge is 2.03. The van der Waals surface area contributed by atoms with Gasteiger partial charge in [0, 0.05) is 11.9 Å². The number of nitrogens with two attached hydrogens (primary N) is 1. The van der Waals surface area contributed by atoms with Crippen LogP contribution in [-0.2, 0) is 0 Å². The zero-order valence-corrected chi connectivity index (χ0v) is 7.98. The van der Waals surface area contributed by atoms with Gasteiger partial charge in [-0.05, 0) is 13.8 Å². The standard InChI is InChI=1S/C7H12N4S/c1-3-9-7(11-8)6-4-12-5(2)10-6/h4H,3,8H2,1-2H3,(H,9,11). The highest BCUT2D eigenvalue weighted by Crippen LogP contribution is 2.07. The topological polar surface area (TPSA) is 63.3 Å². The van der Waals surface area contributed by atoms with Crippen LogP contribution in [0.25, 0.3) is 0 Å². The van der Waals surface area contributed by atoms with E-state index in [2.05, 4.69) is 15.4 Å². The number of aliphatic imine (C=N–C) groups is 1. The van der Waals surface area contributed by atoms with Gasteiger partial charge in [0.1, 0.15) is 5.69 Å². The van der Waals surface area contributed by atoms with Crippen LogP contribution in [-0.4, -0.2) is 17.4 Å². The lowest BCUT2D eigenvalue weighted by atomic mass is 10.4. The summed E-state index contributed by atoms with van der Waals surface area (Å²) < 4.78 is 0. The van der Waals surface area contributed by atoms with Crippen LogP contribution in [0.4, 0.5) is 0 Å². The number of hydrazine groups is 1.